The quantitative estimate of drug-likeness (QED) is 0.764. The maximum Gasteiger partial charge on any atom is 0.416 e. The fourth-order valence-electron chi connectivity index (χ4n) is 2.78. The number of carbonyl (C=O) groups is 2. The zero-order valence-electron chi connectivity index (χ0n) is 14.1. The highest BCUT2D eigenvalue weighted by atomic mass is 35.5. The Morgan fingerprint density at radius 2 is 1.74 bits per heavy atom. The van der Waals surface area contributed by atoms with Gasteiger partial charge < -0.3 is 5.32 Å². The van der Waals surface area contributed by atoms with Crippen molar-refractivity contribution in [3.05, 3.63) is 70.4 Å². The molecule has 0 atom stereocenters. The van der Waals surface area contributed by atoms with E-state index in [1.54, 1.807) is 24.3 Å². The van der Waals surface area contributed by atoms with Crippen molar-refractivity contribution in [2.45, 2.75) is 19.5 Å². The van der Waals surface area contributed by atoms with Crippen LogP contribution in [0.2, 0.25) is 0 Å². The first-order valence-corrected chi connectivity index (χ1v) is 8.42. The van der Waals surface area contributed by atoms with Gasteiger partial charge in [0, 0.05) is 5.69 Å². The lowest BCUT2D eigenvalue weighted by Gasteiger charge is -2.18. The molecular formula is C19H14ClF3N2O2. The Labute approximate surface area is 158 Å². The minimum absolute atomic E-state index is 0.00440. The summed E-state index contributed by atoms with van der Waals surface area (Å²) in [6.45, 7) is 1.88. The van der Waals surface area contributed by atoms with Crippen molar-refractivity contribution in [2.24, 2.45) is 0 Å². The number of benzene rings is 2. The van der Waals surface area contributed by atoms with Gasteiger partial charge >= 0.3 is 6.18 Å². The van der Waals surface area contributed by atoms with Crippen LogP contribution in [0.1, 0.15) is 18.1 Å². The van der Waals surface area contributed by atoms with E-state index < -0.39 is 23.6 Å². The topological polar surface area (TPSA) is 49.4 Å². The van der Waals surface area contributed by atoms with Crippen LogP contribution >= 0.6 is 11.6 Å². The largest absolute Gasteiger partial charge is 0.416 e. The predicted octanol–water partition coefficient (Wildman–Crippen LogP) is 4.70. The van der Waals surface area contributed by atoms with Crippen LogP contribution in [0.25, 0.3) is 0 Å². The van der Waals surface area contributed by atoms with Gasteiger partial charge in [0.15, 0.2) is 0 Å². The third-order valence-electron chi connectivity index (χ3n) is 4.10. The van der Waals surface area contributed by atoms with Crippen LogP contribution in [0, 0.1) is 0 Å². The average molecular weight is 395 g/mol. The number of halogens is 4. The average Bonchev–Trinajstić information content (AvgIpc) is 2.85. The van der Waals surface area contributed by atoms with E-state index in [9.17, 15) is 22.8 Å². The smallest absolute Gasteiger partial charge is 0.350 e. The third kappa shape index (κ3) is 3.55. The molecular weight excluding hydrogens is 381 g/mol. The Bertz CT molecular complexity index is 954. The van der Waals surface area contributed by atoms with E-state index in [0.29, 0.717) is 12.1 Å². The van der Waals surface area contributed by atoms with Crippen LogP contribution in [0.4, 0.5) is 24.5 Å². The number of nitrogens with zero attached hydrogens (tertiary/aromatic N) is 1. The Kier molecular flexibility index (Phi) is 4.97. The highest BCUT2D eigenvalue weighted by Crippen LogP contribution is 2.34. The Hall–Kier alpha value is -2.80. The first kappa shape index (κ1) is 19.0. The molecule has 0 bridgehead atoms. The third-order valence-corrected chi connectivity index (χ3v) is 4.45. The highest BCUT2D eigenvalue weighted by Gasteiger charge is 2.40. The molecule has 2 aromatic carbocycles. The number of hydrogen-bond acceptors (Lipinski definition) is 3. The molecule has 1 heterocycles. The van der Waals surface area contributed by atoms with E-state index in [1.807, 2.05) is 6.92 Å². The normalized spacial score (nSPS) is 14.9. The molecule has 0 radical (unpaired) electrons. The molecule has 1 aliphatic heterocycles. The number of carbonyl (C=O) groups excluding carboxylic acids is 2. The summed E-state index contributed by atoms with van der Waals surface area (Å²) in [6, 6.07) is 11.2. The summed E-state index contributed by atoms with van der Waals surface area (Å²) in [6.07, 6.45) is -3.95. The molecule has 0 saturated heterocycles. The molecule has 8 heteroatoms. The molecule has 4 nitrogen and oxygen atoms in total. The second-order valence-corrected chi connectivity index (χ2v) is 6.20. The van der Waals surface area contributed by atoms with Crippen molar-refractivity contribution in [3.63, 3.8) is 0 Å². The van der Waals surface area contributed by atoms with Crippen molar-refractivity contribution in [1.82, 2.24) is 0 Å². The van der Waals surface area contributed by atoms with E-state index in [2.05, 4.69) is 5.32 Å². The van der Waals surface area contributed by atoms with Crippen molar-refractivity contribution >= 4 is 34.8 Å². The summed E-state index contributed by atoms with van der Waals surface area (Å²) < 4.78 is 38.6. The summed E-state index contributed by atoms with van der Waals surface area (Å²) >= 11 is 6.03. The molecule has 0 aromatic heterocycles. The number of hydrogen-bond donors (Lipinski definition) is 1. The molecule has 3 rings (SSSR count). The molecule has 0 saturated carbocycles. The molecule has 1 N–H and O–H groups in total. The first-order chi connectivity index (χ1) is 12.7. The van der Waals surface area contributed by atoms with Gasteiger partial charge in [-0.2, -0.15) is 13.2 Å². The molecule has 0 unspecified atom stereocenters. The standard InChI is InChI=1S/C19H14ClF3N2O2/c1-2-11-6-3-4-9-14(11)25-17(26)15(20)16(18(25)27)24-13-8-5-7-12(10-13)19(21,22)23/h3-10,24H,2H2,1H3. The van der Waals surface area contributed by atoms with Gasteiger partial charge in [-0.1, -0.05) is 42.8 Å². The van der Waals surface area contributed by atoms with Gasteiger partial charge in [0.2, 0.25) is 0 Å². The second kappa shape index (κ2) is 7.08. The van der Waals surface area contributed by atoms with E-state index >= 15 is 0 Å². The Morgan fingerprint density at radius 3 is 2.41 bits per heavy atom. The van der Waals surface area contributed by atoms with Crippen molar-refractivity contribution in [3.8, 4) is 0 Å². The number of aryl methyl sites for hydroxylation is 1. The molecule has 1 aliphatic rings. The van der Waals surface area contributed by atoms with Crippen LogP contribution in [0.3, 0.4) is 0 Å². The fraction of sp³-hybridized carbons (Fsp3) is 0.158. The molecule has 0 fully saturated rings. The maximum atomic E-state index is 12.9. The zero-order chi connectivity index (χ0) is 19.8. The lowest BCUT2D eigenvalue weighted by Crippen LogP contribution is -2.33. The lowest BCUT2D eigenvalue weighted by molar-refractivity contribution is -0.137. The van der Waals surface area contributed by atoms with Gasteiger partial charge in [-0.25, -0.2) is 4.90 Å². The molecule has 0 aliphatic carbocycles. The van der Waals surface area contributed by atoms with Gasteiger partial charge in [-0.15, -0.1) is 0 Å². The number of alkyl halides is 3. The van der Waals surface area contributed by atoms with Crippen LogP contribution < -0.4 is 10.2 Å². The number of para-hydroxylation sites is 1. The van der Waals surface area contributed by atoms with Crippen LogP contribution in [0.15, 0.2) is 59.3 Å². The maximum absolute atomic E-state index is 12.9. The highest BCUT2D eigenvalue weighted by molar-refractivity contribution is 6.53. The van der Waals surface area contributed by atoms with Crippen LogP contribution in [-0.2, 0) is 22.2 Å². The number of rotatable bonds is 4. The van der Waals surface area contributed by atoms with Crippen LogP contribution in [0.5, 0.6) is 0 Å². The molecule has 2 amide bonds. The molecule has 2 aromatic rings. The number of anilines is 2. The summed E-state index contributed by atoms with van der Waals surface area (Å²) in [5, 5.41) is 2.18. The molecule has 140 valence electrons. The van der Waals surface area contributed by atoms with Crippen molar-refractivity contribution < 1.29 is 22.8 Å². The summed E-state index contributed by atoms with van der Waals surface area (Å²) in [4.78, 5) is 26.2. The Balaban J connectivity index is 1.94. The summed E-state index contributed by atoms with van der Waals surface area (Å²) in [7, 11) is 0. The van der Waals surface area contributed by atoms with Gasteiger partial charge in [0.1, 0.15) is 10.7 Å². The van der Waals surface area contributed by atoms with Crippen molar-refractivity contribution in [2.75, 3.05) is 10.2 Å². The zero-order valence-corrected chi connectivity index (χ0v) is 14.9. The SMILES string of the molecule is CCc1ccccc1N1C(=O)C(Cl)=C(Nc2cccc(C(F)(F)F)c2)C1=O. The predicted molar refractivity (Wildman–Crippen MR) is 96.3 cm³/mol. The molecule has 0 spiro atoms. The van der Waals surface area contributed by atoms with E-state index in [4.69, 9.17) is 11.6 Å². The van der Waals surface area contributed by atoms with Crippen LogP contribution in [-0.4, -0.2) is 11.8 Å². The van der Waals surface area contributed by atoms with E-state index in [0.717, 1.165) is 22.6 Å². The molecule has 27 heavy (non-hydrogen) atoms. The monoisotopic (exact) mass is 394 g/mol. The minimum atomic E-state index is -4.53. The van der Waals surface area contributed by atoms with Gasteiger partial charge in [-0.05, 0) is 36.2 Å². The van der Waals surface area contributed by atoms with Crippen molar-refractivity contribution in [1.29, 1.82) is 0 Å². The van der Waals surface area contributed by atoms with Gasteiger partial charge in [0.25, 0.3) is 11.8 Å². The second-order valence-electron chi connectivity index (χ2n) is 5.82. The number of imide groups is 1. The van der Waals surface area contributed by atoms with Gasteiger partial charge in [0.05, 0.1) is 11.3 Å². The lowest BCUT2D eigenvalue weighted by atomic mass is 10.1. The summed E-state index contributed by atoms with van der Waals surface area (Å²) in [5.74, 6) is -1.44. The van der Waals surface area contributed by atoms with E-state index in [1.165, 1.54) is 12.1 Å². The fourth-order valence-corrected chi connectivity index (χ4v) is 2.99. The first-order valence-electron chi connectivity index (χ1n) is 8.04. The van der Waals surface area contributed by atoms with E-state index in [-0.39, 0.29) is 16.4 Å². The summed E-state index contributed by atoms with van der Waals surface area (Å²) in [5.41, 5.74) is 0.0313. The number of nitrogens with one attached hydrogen (secondary N) is 1. The number of amides is 2. The minimum Gasteiger partial charge on any atom is -0.350 e. The van der Waals surface area contributed by atoms with Gasteiger partial charge in [-0.3, -0.25) is 9.59 Å². The Morgan fingerprint density at radius 1 is 1.04 bits per heavy atom.